The highest BCUT2D eigenvalue weighted by Crippen LogP contribution is 2.30. The molecule has 0 bridgehead atoms. The molecule has 4 aromatic rings. The van der Waals surface area contributed by atoms with Gasteiger partial charge in [0.2, 0.25) is 0 Å². The number of rotatable bonds is 11. The van der Waals surface area contributed by atoms with Crippen molar-refractivity contribution in [1.29, 1.82) is 0 Å². The van der Waals surface area contributed by atoms with Crippen LogP contribution in [0.4, 0.5) is 21.0 Å². The van der Waals surface area contributed by atoms with Gasteiger partial charge < -0.3 is 15.3 Å². The Morgan fingerprint density at radius 2 is 1.30 bits per heavy atom. The Morgan fingerprint density at radius 3 is 1.86 bits per heavy atom. The van der Waals surface area contributed by atoms with E-state index in [0.717, 1.165) is 43.9 Å². The molecular formula is C36H40N4O3. The number of nitrogens with one attached hydrogen (secondary N) is 1. The van der Waals surface area contributed by atoms with Crippen molar-refractivity contribution in [2.24, 2.45) is 0 Å². The van der Waals surface area contributed by atoms with Crippen LogP contribution in [-0.4, -0.2) is 52.2 Å². The molecular weight excluding hydrogens is 536 g/mol. The topological polar surface area (TPSA) is 76.1 Å². The minimum absolute atomic E-state index is 0.128. The third kappa shape index (κ3) is 8.46. The van der Waals surface area contributed by atoms with Crippen molar-refractivity contribution >= 4 is 23.5 Å². The van der Waals surface area contributed by atoms with Crippen LogP contribution < -0.4 is 10.2 Å². The number of likely N-dealkylation sites (tertiary alicyclic amines) is 1. The maximum absolute atomic E-state index is 13.7. The summed E-state index contributed by atoms with van der Waals surface area (Å²) in [7, 11) is 0. The molecule has 5 rings (SSSR count). The van der Waals surface area contributed by atoms with Gasteiger partial charge in [0.1, 0.15) is 0 Å². The Hall–Kier alpha value is -4.62. The van der Waals surface area contributed by atoms with Crippen LogP contribution in [0, 0.1) is 0 Å². The molecule has 0 aromatic heterocycles. The fourth-order valence-corrected chi connectivity index (χ4v) is 6.03. The van der Waals surface area contributed by atoms with Gasteiger partial charge in [-0.3, -0.25) is 9.80 Å². The van der Waals surface area contributed by atoms with Crippen LogP contribution in [0.15, 0.2) is 121 Å². The van der Waals surface area contributed by atoms with E-state index < -0.39 is 6.09 Å². The summed E-state index contributed by atoms with van der Waals surface area (Å²) in [6.45, 7) is 2.89. The monoisotopic (exact) mass is 576 g/mol. The molecule has 1 saturated heterocycles. The largest absolute Gasteiger partial charge is 0.465 e. The third-order valence-electron chi connectivity index (χ3n) is 8.09. The maximum atomic E-state index is 13.7. The number of anilines is 2. The molecule has 0 spiro atoms. The van der Waals surface area contributed by atoms with Crippen LogP contribution in [0.5, 0.6) is 0 Å². The molecule has 0 saturated carbocycles. The number of piperidine rings is 1. The zero-order valence-corrected chi connectivity index (χ0v) is 24.5. The molecule has 2 atom stereocenters. The van der Waals surface area contributed by atoms with E-state index in [1.807, 2.05) is 77.7 Å². The summed E-state index contributed by atoms with van der Waals surface area (Å²) < 4.78 is 0. The number of carboxylic acid groups (broad SMARTS) is 1. The summed E-state index contributed by atoms with van der Waals surface area (Å²) in [6.07, 6.45) is 1.84. The van der Waals surface area contributed by atoms with E-state index in [2.05, 4.69) is 58.7 Å². The second-order valence-corrected chi connectivity index (χ2v) is 11.1. The van der Waals surface area contributed by atoms with Gasteiger partial charge >= 0.3 is 12.1 Å². The number of amides is 3. The summed E-state index contributed by atoms with van der Waals surface area (Å²) in [5.41, 5.74) is 4.04. The molecule has 0 aliphatic carbocycles. The average molecular weight is 577 g/mol. The number of hydrogen-bond acceptors (Lipinski definition) is 3. The minimum atomic E-state index is -0.895. The van der Waals surface area contributed by atoms with Gasteiger partial charge in [-0.15, -0.1) is 0 Å². The molecule has 222 valence electrons. The number of benzene rings is 4. The fourth-order valence-electron chi connectivity index (χ4n) is 6.03. The summed E-state index contributed by atoms with van der Waals surface area (Å²) >= 11 is 0. The van der Waals surface area contributed by atoms with Crippen LogP contribution >= 0.6 is 0 Å². The first kappa shape index (κ1) is 29.9. The Balaban J connectivity index is 1.29. The molecule has 43 heavy (non-hydrogen) atoms. The molecule has 4 aromatic carbocycles. The Kier molecular flexibility index (Phi) is 10.4. The number of nitrogens with zero attached hydrogens (tertiary/aromatic N) is 3. The standard InChI is InChI=1S/C36H40N4O3/c41-35(37-31-18-9-3-10-19-31)40(32-20-11-4-12-21-32)34-23-25-39(36(42)43)33(26-34)22-13-24-38(27-29-14-5-1-6-15-29)28-30-16-7-2-8-17-30/h1-12,14-21,33-34H,13,22-28H2,(H,37,41)(H,42,43)/t33-,34-/m0/s1. The highest BCUT2D eigenvalue weighted by Gasteiger charge is 2.36. The number of hydrogen-bond donors (Lipinski definition) is 2. The first-order chi connectivity index (χ1) is 21.1. The van der Waals surface area contributed by atoms with E-state index in [9.17, 15) is 14.7 Å². The van der Waals surface area contributed by atoms with Crippen LogP contribution in [0.3, 0.4) is 0 Å². The Bertz CT molecular complexity index is 1380. The lowest BCUT2D eigenvalue weighted by molar-refractivity contribution is 0.0948. The lowest BCUT2D eigenvalue weighted by atomic mass is 9.92. The predicted molar refractivity (Wildman–Crippen MR) is 172 cm³/mol. The smallest absolute Gasteiger partial charge is 0.407 e. The maximum Gasteiger partial charge on any atom is 0.407 e. The van der Waals surface area contributed by atoms with Gasteiger partial charge in [-0.25, -0.2) is 9.59 Å². The first-order valence-corrected chi connectivity index (χ1v) is 15.1. The molecule has 2 N–H and O–H groups in total. The summed E-state index contributed by atoms with van der Waals surface area (Å²) in [4.78, 5) is 31.8. The summed E-state index contributed by atoms with van der Waals surface area (Å²) in [5.74, 6) is 0. The van der Waals surface area contributed by atoms with Crippen molar-refractivity contribution in [2.45, 2.75) is 50.9 Å². The zero-order valence-electron chi connectivity index (χ0n) is 24.5. The Morgan fingerprint density at radius 1 is 0.767 bits per heavy atom. The lowest BCUT2D eigenvalue weighted by Gasteiger charge is -2.42. The van der Waals surface area contributed by atoms with Crippen molar-refractivity contribution in [2.75, 3.05) is 23.3 Å². The van der Waals surface area contributed by atoms with Gasteiger partial charge in [-0.2, -0.15) is 0 Å². The van der Waals surface area contributed by atoms with Gasteiger partial charge in [-0.1, -0.05) is 97.1 Å². The van der Waals surface area contributed by atoms with E-state index in [1.54, 1.807) is 4.90 Å². The molecule has 0 unspecified atom stereocenters. The van der Waals surface area contributed by atoms with Crippen LogP contribution in [-0.2, 0) is 13.1 Å². The second-order valence-electron chi connectivity index (χ2n) is 11.1. The molecule has 0 radical (unpaired) electrons. The SMILES string of the molecule is O=C(O)N1CC[C@H](N(C(=O)Nc2ccccc2)c2ccccc2)C[C@@H]1CCCN(Cc1ccccc1)Cc1ccccc1. The van der Waals surface area contributed by atoms with Crippen molar-refractivity contribution < 1.29 is 14.7 Å². The van der Waals surface area contributed by atoms with Gasteiger partial charge in [-0.05, 0) is 67.6 Å². The molecule has 7 heteroatoms. The number of carbonyl (C=O) groups is 2. The van der Waals surface area contributed by atoms with Gasteiger partial charge in [0.15, 0.2) is 0 Å². The van der Waals surface area contributed by atoms with Crippen molar-refractivity contribution in [3.05, 3.63) is 132 Å². The van der Waals surface area contributed by atoms with Crippen molar-refractivity contribution in [3.8, 4) is 0 Å². The molecule has 1 fully saturated rings. The highest BCUT2D eigenvalue weighted by molar-refractivity contribution is 6.02. The predicted octanol–water partition coefficient (Wildman–Crippen LogP) is 7.72. The minimum Gasteiger partial charge on any atom is -0.465 e. The highest BCUT2D eigenvalue weighted by atomic mass is 16.4. The van der Waals surface area contributed by atoms with E-state index in [1.165, 1.54) is 11.1 Å². The number of urea groups is 1. The van der Waals surface area contributed by atoms with E-state index >= 15 is 0 Å². The molecule has 1 heterocycles. The van der Waals surface area contributed by atoms with E-state index in [0.29, 0.717) is 19.4 Å². The van der Waals surface area contributed by atoms with Gasteiger partial charge in [0.25, 0.3) is 0 Å². The van der Waals surface area contributed by atoms with E-state index in [-0.39, 0.29) is 18.1 Å². The van der Waals surface area contributed by atoms with E-state index in [4.69, 9.17) is 0 Å². The molecule has 7 nitrogen and oxygen atoms in total. The van der Waals surface area contributed by atoms with Crippen molar-refractivity contribution in [1.82, 2.24) is 9.80 Å². The first-order valence-electron chi connectivity index (χ1n) is 15.1. The fraction of sp³-hybridized carbons (Fsp3) is 0.278. The summed E-state index contributed by atoms with van der Waals surface area (Å²) in [6, 6.07) is 39.5. The number of carbonyl (C=O) groups excluding carboxylic acids is 1. The normalized spacial score (nSPS) is 16.5. The zero-order chi connectivity index (χ0) is 29.9. The summed E-state index contributed by atoms with van der Waals surface area (Å²) in [5, 5.41) is 13.1. The molecule has 3 amide bonds. The average Bonchev–Trinajstić information content (AvgIpc) is 3.03. The lowest BCUT2D eigenvalue weighted by Crippen LogP contribution is -2.54. The number of para-hydroxylation sites is 2. The van der Waals surface area contributed by atoms with Crippen molar-refractivity contribution in [3.63, 3.8) is 0 Å². The Labute approximate surface area is 254 Å². The van der Waals surface area contributed by atoms with Crippen LogP contribution in [0.1, 0.15) is 36.8 Å². The third-order valence-corrected chi connectivity index (χ3v) is 8.09. The van der Waals surface area contributed by atoms with Crippen LogP contribution in [0.2, 0.25) is 0 Å². The quantitative estimate of drug-likeness (QED) is 0.192. The van der Waals surface area contributed by atoms with Gasteiger partial charge in [0, 0.05) is 43.1 Å². The molecule has 1 aliphatic heterocycles. The van der Waals surface area contributed by atoms with Gasteiger partial charge in [0.05, 0.1) is 0 Å². The second kappa shape index (κ2) is 15.0. The van der Waals surface area contributed by atoms with Crippen LogP contribution in [0.25, 0.3) is 0 Å². The molecule has 1 aliphatic rings.